The Morgan fingerprint density at radius 1 is 1.50 bits per heavy atom. The van der Waals surface area contributed by atoms with Gasteiger partial charge in [0.2, 0.25) is 5.78 Å². The van der Waals surface area contributed by atoms with Gasteiger partial charge in [-0.05, 0) is 6.42 Å². The number of hydrogen-bond acceptors (Lipinski definition) is 3. The van der Waals surface area contributed by atoms with Crippen molar-refractivity contribution in [2.75, 3.05) is 13.2 Å². The second kappa shape index (κ2) is 2.92. The predicted octanol–water partition coefficient (Wildman–Crippen LogP) is 0.181. The average Bonchev–Trinajstić information content (AvgIpc) is 2.36. The zero-order valence-corrected chi connectivity index (χ0v) is 5.92. The molecular weight excluding hydrogens is 132 g/mol. The van der Waals surface area contributed by atoms with Gasteiger partial charge < -0.3 is 4.74 Å². The second-order valence-corrected chi connectivity index (χ2v) is 2.48. The summed E-state index contributed by atoms with van der Waals surface area (Å²) in [5.74, 6) is -0.787. The Labute approximate surface area is 59.4 Å². The van der Waals surface area contributed by atoms with E-state index in [2.05, 4.69) is 0 Å². The molecule has 1 aliphatic rings. The molecule has 3 nitrogen and oxygen atoms in total. The van der Waals surface area contributed by atoms with Crippen LogP contribution in [-0.4, -0.2) is 24.8 Å². The second-order valence-electron chi connectivity index (χ2n) is 2.48. The van der Waals surface area contributed by atoms with Gasteiger partial charge in [0.25, 0.3) is 0 Å². The fourth-order valence-corrected chi connectivity index (χ4v) is 1.03. The molecule has 0 aromatic carbocycles. The number of carbonyl (C=O) groups excluding carboxylic acids is 2. The number of ketones is 2. The summed E-state index contributed by atoms with van der Waals surface area (Å²) in [5, 5.41) is 0. The molecule has 1 rings (SSSR count). The van der Waals surface area contributed by atoms with Gasteiger partial charge in [-0.2, -0.15) is 0 Å². The van der Waals surface area contributed by atoms with Crippen LogP contribution in [0.15, 0.2) is 0 Å². The Morgan fingerprint density at radius 2 is 2.20 bits per heavy atom. The van der Waals surface area contributed by atoms with Crippen molar-refractivity contribution in [3.05, 3.63) is 0 Å². The maximum absolute atomic E-state index is 10.9. The van der Waals surface area contributed by atoms with E-state index in [1.54, 1.807) is 0 Å². The van der Waals surface area contributed by atoms with Crippen molar-refractivity contribution in [3.8, 4) is 0 Å². The highest BCUT2D eigenvalue weighted by Gasteiger charge is 2.25. The van der Waals surface area contributed by atoms with Crippen LogP contribution in [-0.2, 0) is 14.3 Å². The highest BCUT2D eigenvalue weighted by atomic mass is 16.5. The van der Waals surface area contributed by atoms with Crippen LogP contribution in [0.3, 0.4) is 0 Å². The minimum Gasteiger partial charge on any atom is -0.381 e. The molecule has 0 aromatic rings. The lowest BCUT2D eigenvalue weighted by Gasteiger charge is -2.00. The van der Waals surface area contributed by atoms with Crippen LogP contribution in [0.4, 0.5) is 0 Å². The van der Waals surface area contributed by atoms with Gasteiger partial charge in [-0.25, -0.2) is 0 Å². The van der Waals surface area contributed by atoms with Crippen molar-refractivity contribution in [2.45, 2.75) is 13.3 Å². The van der Waals surface area contributed by atoms with Crippen molar-refractivity contribution >= 4 is 11.6 Å². The van der Waals surface area contributed by atoms with Crippen molar-refractivity contribution in [3.63, 3.8) is 0 Å². The molecule has 56 valence electrons. The standard InChI is InChI=1S/C7H10O3/c1-5(8)7(9)6-2-3-10-4-6/h6H,2-4H2,1H3. The molecule has 0 N–H and O–H groups in total. The first-order valence-corrected chi connectivity index (χ1v) is 3.34. The summed E-state index contributed by atoms with van der Waals surface area (Å²) < 4.78 is 4.96. The molecule has 1 unspecified atom stereocenters. The number of carbonyl (C=O) groups is 2. The predicted molar refractivity (Wildman–Crippen MR) is 34.6 cm³/mol. The van der Waals surface area contributed by atoms with E-state index in [1.165, 1.54) is 6.92 Å². The third-order valence-corrected chi connectivity index (χ3v) is 1.65. The van der Waals surface area contributed by atoms with E-state index in [0.717, 1.165) is 0 Å². The molecular formula is C7H10O3. The van der Waals surface area contributed by atoms with Crippen LogP contribution in [0.2, 0.25) is 0 Å². The van der Waals surface area contributed by atoms with Gasteiger partial charge in [-0.3, -0.25) is 9.59 Å². The van der Waals surface area contributed by atoms with E-state index >= 15 is 0 Å². The van der Waals surface area contributed by atoms with Crippen molar-refractivity contribution in [1.29, 1.82) is 0 Å². The van der Waals surface area contributed by atoms with Gasteiger partial charge >= 0.3 is 0 Å². The third kappa shape index (κ3) is 1.42. The lowest BCUT2D eigenvalue weighted by molar-refractivity contribution is -0.137. The molecule has 0 spiro atoms. The highest BCUT2D eigenvalue weighted by molar-refractivity contribution is 6.37. The summed E-state index contributed by atoms with van der Waals surface area (Å²) in [6.07, 6.45) is 0.707. The van der Waals surface area contributed by atoms with Crippen molar-refractivity contribution < 1.29 is 14.3 Å². The lowest BCUT2D eigenvalue weighted by atomic mass is 10.0. The molecule has 0 bridgehead atoms. The van der Waals surface area contributed by atoms with Crippen LogP contribution in [0.1, 0.15) is 13.3 Å². The van der Waals surface area contributed by atoms with E-state index in [9.17, 15) is 9.59 Å². The lowest BCUT2D eigenvalue weighted by Crippen LogP contribution is -2.21. The normalized spacial score (nSPS) is 24.7. The van der Waals surface area contributed by atoms with E-state index in [-0.39, 0.29) is 17.5 Å². The molecule has 3 heteroatoms. The van der Waals surface area contributed by atoms with Crippen LogP contribution >= 0.6 is 0 Å². The number of rotatable bonds is 2. The highest BCUT2D eigenvalue weighted by Crippen LogP contribution is 2.13. The van der Waals surface area contributed by atoms with Gasteiger partial charge in [0.15, 0.2) is 5.78 Å². The van der Waals surface area contributed by atoms with Crippen LogP contribution < -0.4 is 0 Å². The van der Waals surface area contributed by atoms with Crippen molar-refractivity contribution in [1.82, 2.24) is 0 Å². The first-order valence-electron chi connectivity index (χ1n) is 3.34. The van der Waals surface area contributed by atoms with Crippen LogP contribution in [0.5, 0.6) is 0 Å². The summed E-state index contributed by atoms with van der Waals surface area (Å²) in [7, 11) is 0. The fraction of sp³-hybridized carbons (Fsp3) is 0.714. The van der Waals surface area contributed by atoms with Gasteiger partial charge in [-0.15, -0.1) is 0 Å². The van der Waals surface area contributed by atoms with Gasteiger partial charge in [0.05, 0.1) is 12.5 Å². The molecule has 0 aliphatic carbocycles. The average molecular weight is 142 g/mol. The van der Waals surface area contributed by atoms with E-state index in [1.807, 2.05) is 0 Å². The van der Waals surface area contributed by atoms with E-state index < -0.39 is 0 Å². The third-order valence-electron chi connectivity index (χ3n) is 1.65. The van der Waals surface area contributed by atoms with Crippen LogP contribution in [0.25, 0.3) is 0 Å². The molecule has 0 radical (unpaired) electrons. The number of Topliss-reactive ketones (excluding diaryl/α,β-unsaturated/α-hetero) is 2. The zero-order chi connectivity index (χ0) is 7.56. The smallest absolute Gasteiger partial charge is 0.203 e. The SMILES string of the molecule is CC(=O)C(=O)C1CCOC1. The Kier molecular flexibility index (Phi) is 2.17. The van der Waals surface area contributed by atoms with Crippen LogP contribution in [0, 0.1) is 5.92 Å². The first kappa shape index (κ1) is 7.41. The summed E-state index contributed by atoms with van der Waals surface area (Å²) in [6, 6.07) is 0. The summed E-state index contributed by atoms with van der Waals surface area (Å²) in [6.45, 7) is 2.35. The maximum Gasteiger partial charge on any atom is 0.203 e. The Morgan fingerprint density at radius 3 is 2.60 bits per heavy atom. The molecule has 1 fully saturated rings. The minimum atomic E-state index is -0.351. The Balaban J connectivity index is 2.48. The number of hydrogen-bond donors (Lipinski definition) is 0. The topological polar surface area (TPSA) is 43.4 Å². The number of ether oxygens (including phenoxy) is 1. The van der Waals surface area contributed by atoms with Gasteiger partial charge in [-0.1, -0.05) is 0 Å². The maximum atomic E-state index is 10.9. The minimum absolute atomic E-state index is 0.155. The first-order chi connectivity index (χ1) is 4.72. The largest absolute Gasteiger partial charge is 0.381 e. The van der Waals surface area contributed by atoms with E-state index in [0.29, 0.717) is 19.6 Å². The molecule has 1 atom stereocenters. The zero-order valence-electron chi connectivity index (χ0n) is 5.92. The van der Waals surface area contributed by atoms with E-state index in [4.69, 9.17) is 4.74 Å². The van der Waals surface area contributed by atoms with Gasteiger partial charge in [0, 0.05) is 13.5 Å². The molecule has 1 saturated heterocycles. The molecule has 0 amide bonds. The van der Waals surface area contributed by atoms with Gasteiger partial charge in [0.1, 0.15) is 0 Å². The Bertz CT molecular complexity index is 156. The molecule has 0 saturated carbocycles. The molecule has 0 aromatic heterocycles. The van der Waals surface area contributed by atoms with Crippen molar-refractivity contribution in [2.24, 2.45) is 5.92 Å². The molecule has 1 aliphatic heterocycles. The fourth-order valence-electron chi connectivity index (χ4n) is 1.03. The molecule has 10 heavy (non-hydrogen) atoms. The molecule has 1 heterocycles. The quantitative estimate of drug-likeness (QED) is 0.516. The summed E-state index contributed by atoms with van der Waals surface area (Å²) in [4.78, 5) is 21.4. The monoisotopic (exact) mass is 142 g/mol. The summed E-state index contributed by atoms with van der Waals surface area (Å²) >= 11 is 0. The Hall–Kier alpha value is -0.700. The summed E-state index contributed by atoms with van der Waals surface area (Å²) in [5.41, 5.74) is 0.